The number of ether oxygens (including phenoxy) is 3. The van der Waals surface area contributed by atoms with E-state index in [2.05, 4.69) is 170 Å². The van der Waals surface area contributed by atoms with E-state index in [4.69, 9.17) is 14.2 Å². The number of hydrogen-bond donors (Lipinski definition) is 0. The van der Waals surface area contributed by atoms with Gasteiger partial charge in [-0.3, -0.25) is 0 Å². The van der Waals surface area contributed by atoms with Crippen molar-refractivity contribution >= 4 is 0 Å². The molecule has 47 heavy (non-hydrogen) atoms. The van der Waals surface area contributed by atoms with E-state index in [0.717, 1.165) is 40.8 Å². The van der Waals surface area contributed by atoms with Crippen molar-refractivity contribution in [3.05, 3.63) is 209 Å². The summed E-state index contributed by atoms with van der Waals surface area (Å²) < 4.78 is 19.3. The predicted octanol–water partition coefficient (Wildman–Crippen LogP) is 10.1. The van der Waals surface area contributed by atoms with Crippen LogP contribution in [0.25, 0.3) is 0 Å². The van der Waals surface area contributed by atoms with Gasteiger partial charge in [0.05, 0.1) is 6.61 Å². The highest BCUT2D eigenvalue weighted by atomic mass is 16.5. The number of unbranched alkanes of at least 4 members (excludes halogenated alkanes) is 1. The Morgan fingerprint density at radius 3 is 1.34 bits per heavy atom. The molecule has 0 unspecified atom stereocenters. The molecule has 0 saturated heterocycles. The Balaban J connectivity index is 1.04. The van der Waals surface area contributed by atoms with Gasteiger partial charge in [-0.1, -0.05) is 170 Å². The fourth-order valence-electron chi connectivity index (χ4n) is 6.31. The smallest absolute Gasteiger partial charge is 0.143 e. The van der Waals surface area contributed by atoms with E-state index in [1.54, 1.807) is 0 Å². The highest BCUT2D eigenvalue weighted by molar-refractivity contribution is 5.49. The van der Waals surface area contributed by atoms with Crippen LogP contribution < -0.4 is 4.74 Å². The maximum Gasteiger partial charge on any atom is 0.143 e. The number of benzene rings is 6. The van der Waals surface area contributed by atoms with Crippen molar-refractivity contribution in [3.8, 4) is 5.75 Å². The molecule has 0 aliphatic heterocycles. The third-order valence-electron chi connectivity index (χ3n) is 8.52. The van der Waals surface area contributed by atoms with Gasteiger partial charge in [-0.05, 0) is 46.7 Å². The average Bonchev–Trinajstić information content (AvgIpc) is 3.15. The van der Waals surface area contributed by atoms with Crippen LogP contribution in [0.1, 0.15) is 52.1 Å². The molecule has 0 aliphatic carbocycles. The summed E-state index contributed by atoms with van der Waals surface area (Å²) >= 11 is 0. The Labute approximate surface area is 279 Å². The summed E-state index contributed by atoms with van der Waals surface area (Å²) in [6.07, 6.45) is 1.78. The van der Waals surface area contributed by atoms with Crippen LogP contribution in [0, 0.1) is 0 Å². The molecule has 0 atom stereocenters. The van der Waals surface area contributed by atoms with Gasteiger partial charge in [-0.25, -0.2) is 0 Å². The largest absolute Gasteiger partial charge is 0.491 e. The van der Waals surface area contributed by atoms with Crippen molar-refractivity contribution in [1.82, 2.24) is 0 Å². The molecule has 0 saturated carbocycles. The molecule has 0 aliphatic rings. The van der Waals surface area contributed by atoms with E-state index in [9.17, 15) is 0 Å². The minimum Gasteiger partial charge on any atom is -0.491 e. The summed E-state index contributed by atoms with van der Waals surface area (Å²) in [4.78, 5) is 0. The number of rotatable bonds is 16. The molecule has 0 spiro atoms. The van der Waals surface area contributed by atoms with Crippen molar-refractivity contribution in [1.29, 1.82) is 0 Å². The summed E-state index contributed by atoms with van der Waals surface area (Å²) in [5.74, 6) is 0.977. The normalized spacial score (nSPS) is 11.4. The molecule has 0 heterocycles. The quantitative estimate of drug-likeness (QED) is 0.0798. The number of para-hydroxylation sites is 1. The van der Waals surface area contributed by atoms with Crippen molar-refractivity contribution in [2.45, 2.75) is 24.4 Å². The molecular formula is C44H42O3. The van der Waals surface area contributed by atoms with E-state index in [1.165, 1.54) is 11.1 Å². The highest BCUT2D eigenvalue weighted by Crippen LogP contribution is 2.41. The predicted molar refractivity (Wildman–Crippen MR) is 191 cm³/mol. The molecule has 236 valence electrons. The van der Waals surface area contributed by atoms with Gasteiger partial charge in [0, 0.05) is 24.7 Å². The topological polar surface area (TPSA) is 27.7 Å². The monoisotopic (exact) mass is 618 g/mol. The summed E-state index contributed by atoms with van der Waals surface area (Å²) in [7, 11) is 0. The maximum absolute atomic E-state index is 6.90. The fourth-order valence-corrected chi connectivity index (χ4v) is 6.31. The first-order valence-electron chi connectivity index (χ1n) is 16.6. The minimum absolute atomic E-state index is 0.0873. The average molecular weight is 619 g/mol. The van der Waals surface area contributed by atoms with Gasteiger partial charge in [0.15, 0.2) is 0 Å². The van der Waals surface area contributed by atoms with Crippen LogP contribution in [0.15, 0.2) is 176 Å². The molecule has 3 heteroatoms. The second-order valence-electron chi connectivity index (χ2n) is 11.6. The molecular weight excluding hydrogens is 576 g/mol. The van der Waals surface area contributed by atoms with Gasteiger partial charge >= 0.3 is 0 Å². The SMILES string of the molecule is c1ccc(C(c2ccccc2)c2ccccc2OCCOCCCCOC(c2ccccc2)(c2ccccc2)c2ccccc2)cc1. The van der Waals surface area contributed by atoms with Crippen LogP contribution in [0.3, 0.4) is 0 Å². The molecule has 3 nitrogen and oxygen atoms in total. The lowest BCUT2D eigenvalue weighted by molar-refractivity contribution is 0.00678. The van der Waals surface area contributed by atoms with Crippen LogP contribution in [0.5, 0.6) is 5.75 Å². The van der Waals surface area contributed by atoms with Crippen LogP contribution in [0.4, 0.5) is 0 Å². The van der Waals surface area contributed by atoms with Crippen LogP contribution in [-0.2, 0) is 15.1 Å². The molecule has 0 amide bonds. The second-order valence-corrected chi connectivity index (χ2v) is 11.6. The van der Waals surface area contributed by atoms with Gasteiger partial charge in [0.2, 0.25) is 0 Å². The molecule has 6 rings (SSSR count). The summed E-state index contributed by atoms with van der Waals surface area (Å²) in [6.45, 7) is 2.27. The Hall–Kier alpha value is -4.96. The number of hydrogen-bond acceptors (Lipinski definition) is 3. The van der Waals surface area contributed by atoms with Crippen molar-refractivity contribution in [3.63, 3.8) is 0 Å². The lowest BCUT2D eigenvalue weighted by Crippen LogP contribution is -2.33. The first-order chi connectivity index (χ1) is 23.4. The van der Waals surface area contributed by atoms with Gasteiger partial charge < -0.3 is 14.2 Å². The van der Waals surface area contributed by atoms with Gasteiger partial charge in [0.1, 0.15) is 18.0 Å². The Morgan fingerprint density at radius 1 is 0.404 bits per heavy atom. The second kappa shape index (κ2) is 16.6. The lowest BCUT2D eigenvalue weighted by atomic mass is 9.80. The summed E-state index contributed by atoms with van der Waals surface area (Å²) in [6, 6.07) is 61.2. The fraction of sp³-hybridized carbons (Fsp3) is 0.182. The zero-order valence-electron chi connectivity index (χ0n) is 26.8. The van der Waals surface area contributed by atoms with Crippen molar-refractivity contribution in [2.24, 2.45) is 0 Å². The van der Waals surface area contributed by atoms with E-state index < -0.39 is 5.60 Å². The van der Waals surface area contributed by atoms with E-state index in [1.807, 2.05) is 6.07 Å². The van der Waals surface area contributed by atoms with E-state index >= 15 is 0 Å². The highest BCUT2D eigenvalue weighted by Gasteiger charge is 2.37. The van der Waals surface area contributed by atoms with Gasteiger partial charge in [-0.2, -0.15) is 0 Å². The molecule has 0 aromatic heterocycles. The Morgan fingerprint density at radius 2 is 0.830 bits per heavy atom. The van der Waals surface area contributed by atoms with Gasteiger partial charge in [-0.15, -0.1) is 0 Å². The summed E-state index contributed by atoms with van der Waals surface area (Å²) in [5, 5.41) is 0. The Kier molecular flexibility index (Phi) is 11.3. The van der Waals surface area contributed by atoms with E-state index in [0.29, 0.717) is 26.4 Å². The first-order valence-corrected chi connectivity index (χ1v) is 16.6. The zero-order chi connectivity index (χ0) is 32.0. The molecule has 6 aromatic rings. The Bertz CT molecular complexity index is 1600. The van der Waals surface area contributed by atoms with Crippen molar-refractivity contribution < 1.29 is 14.2 Å². The molecule has 0 radical (unpaired) electrons. The van der Waals surface area contributed by atoms with Gasteiger partial charge in [0.25, 0.3) is 0 Å². The molecule has 0 bridgehead atoms. The van der Waals surface area contributed by atoms with Crippen LogP contribution >= 0.6 is 0 Å². The first kappa shape index (κ1) is 32.0. The van der Waals surface area contributed by atoms with E-state index in [-0.39, 0.29) is 5.92 Å². The standard InChI is InChI=1S/C44H42O3/c1-6-20-36(21-7-1)43(37-22-8-2-9-23-37)41-30-16-17-31-42(41)46-35-34-45-32-18-19-33-47-44(38-24-10-3-11-25-38,39-26-12-4-13-27-39)40-28-14-5-15-29-40/h1-17,20-31,43H,18-19,32-35H2. The lowest BCUT2D eigenvalue weighted by Gasteiger charge is -2.36. The maximum atomic E-state index is 6.90. The van der Waals surface area contributed by atoms with Crippen LogP contribution in [0.2, 0.25) is 0 Å². The van der Waals surface area contributed by atoms with Crippen molar-refractivity contribution in [2.75, 3.05) is 26.4 Å². The molecule has 6 aromatic carbocycles. The minimum atomic E-state index is -0.691. The summed E-state index contributed by atoms with van der Waals surface area (Å²) in [5.41, 5.74) is 6.30. The molecule has 0 N–H and O–H groups in total. The third-order valence-corrected chi connectivity index (χ3v) is 8.52. The van der Waals surface area contributed by atoms with Crippen LogP contribution in [-0.4, -0.2) is 26.4 Å². The third kappa shape index (κ3) is 7.89. The molecule has 0 fully saturated rings. The zero-order valence-corrected chi connectivity index (χ0v) is 26.8.